The van der Waals surface area contributed by atoms with Gasteiger partial charge in [0.1, 0.15) is 4.90 Å². The number of aryl methyl sites for hydroxylation is 3. The van der Waals surface area contributed by atoms with Gasteiger partial charge in [-0.15, -0.1) is 0 Å². The molecule has 0 bridgehead atoms. The molecule has 1 aliphatic heterocycles. The molecular weight excluding hydrogens is 428 g/mol. The molecule has 0 aliphatic carbocycles. The van der Waals surface area contributed by atoms with Crippen LogP contribution in [0.3, 0.4) is 0 Å². The van der Waals surface area contributed by atoms with Gasteiger partial charge in [0.05, 0.1) is 23.6 Å². The molecule has 170 valence electrons. The quantitative estimate of drug-likeness (QED) is 0.586. The van der Waals surface area contributed by atoms with Crippen molar-refractivity contribution in [2.24, 2.45) is 14.1 Å². The van der Waals surface area contributed by atoms with Gasteiger partial charge < -0.3 is 4.90 Å². The summed E-state index contributed by atoms with van der Waals surface area (Å²) < 4.78 is 31.9. The molecule has 4 rings (SSSR count). The van der Waals surface area contributed by atoms with Crippen molar-refractivity contribution >= 4 is 21.6 Å². The Morgan fingerprint density at radius 2 is 1.78 bits per heavy atom. The fraction of sp³-hybridized carbons (Fsp3) is 0.409. The normalized spacial score (nSPS) is 14.4. The maximum Gasteiger partial charge on any atom is 0.247 e. The van der Waals surface area contributed by atoms with Gasteiger partial charge in [-0.25, -0.2) is 8.42 Å². The minimum atomic E-state index is -3.72. The maximum atomic E-state index is 13.5. The van der Waals surface area contributed by atoms with Gasteiger partial charge in [0.2, 0.25) is 15.9 Å². The van der Waals surface area contributed by atoms with Crippen molar-refractivity contribution in [3.8, 4) is 0 Å². The third kappa shape index (κ3) is 3.73. The minimum Gasteiger partial charge on any atom is -0.307 e. The van der Waals surface area contributed by atoms with Crippen molar-refractivity contribution in [3.05, 3.63) is 58.7 Å². The van der Waals surface area contributed by atoms with E-state index in [1.54, 1.807) is 35.2 Å². The number of carbonyl (C=O) groups is 1. The predicted molar refractivity (Wildman–Crippen MR) is 120 cm³/mol. The summed E-state index contributed by atoms with van der Waals surface area (Å²) in [7, 11) is -0.109. The zero-order chi connectivity index (χ0) is 23.2. The number of hydrogen-bond donors (Lipinski definition) is 0. The van der Waals surface area contributed by atoms with Gasteiger partial charge in [-0.1, -0.05) is 18.2 Å². The van der Waals surface area contributed by atoms with Gasteiger partial charge in [0.15, 0.2) is 0 Å². The Bertz CT molecular complexity index is 1280. The Labute approximate surface area is 188 Å². The van der Waals surface area contributed by atoms with Crippen LogP contribution in [0.25, 0.3) is 0 Å². The van der Waals surface area contributed by atoms with Crippen LogP contribution in [-0.4, -0.2) is 44.7 Å². The monoisotopic (exact) mass is 456 g/mol. The van der Waals surface area contributed by atoms with Gasteiger partial charge >= 0.3 is 0 Å². The third-order valence-corrected chi connectivity index (χ3v) is 8.19. The average Bonchev–Trinajstić information content (AvgIpc) is 3.21. The summed E-state index contributed by atoms with van der Waals surface area (Å²) in [5.41, 5.74) is 4.47. The van der Waals surface area contributed by atoms with E-state index in [1.807, 2.05) is 37.4 Å². The summed E-state index contributed by atoms with van der Waals surface area (Å²) in [6, 6.07) is 9.41. The van der Waals surface area contributed by atoms with Crippen LogP contribution in [0.2, 0.25) is 0 Å². The van der Waals surface area contributed by atoms with E-state index in [9.17, 15) is 13.2 Å². The fourth-order valence-electron chi connectivity index (χ4n) is 4.38. The zero-order valence-electron chi connectivity index (χ0n) is 19.0. The number of carbonyl (C=O) groups excluding carboxylic acids is 1. The second-order valence-corrected chi connectivity index (χ2v) is 10.0. The van der Waals surface area contributed by atoms with Crippen molar-refractivity contribution in [1.29, 1.82) is 0 Å². The predicted octanol–water partition coefficient (Wildman–Crippen LogP) is 2.07. The minimum absolute atomic E-state index is 0.0995. The molecule has 1 aromatic carbocycles. The Balaban J connectivity index is 1.69. The Morgan fingerprint density at radius 3 is 2.38 bits per heavy atom. The lowest BCUT2D eigenvalue weighted by Gasteiger charge is -2.28. The second-order valence-electron chi connectivity index (χ2n) is 8.15. The van der Waals surface area contributed by atoms with Crippen molar-refractivity contribution < 1.29 is 13.2 Å². The van der Waals surface area contributed by atoms with Crippen LogP contribution >= 0.6 is 0 Å². The fourth-order valence-corrected chi connectivity index (χ4v) is 6.18. The molecule has 1 amide bonds. The average molecular weight is 457 g/mol. The molecule has 0 saturated carbocycles. The van der Waals surface area contributed by atoms with Gasteiger partial charge in [0.25, 0.3) is 0 Å². The van der Waals surface area contributed by atoms with Crippen LogP contribution < -0.4 is 4.90 Å². The Hall–Kier alpha value is -2.98. The van der Waals surface area contributed by atoms with Gasteiger partial charge in [-0.2, -0.15) is 14.5 Å². The summed E-state index contributed by atoms with van der Waals surface area (Å²) in [6.45, 7) is 5.87. The van der Waals surface area contributed by atoms with Crippen LogP contribution in [0, 0.1) is 13.8 Å². The topological polar surface area (TPSA) is 93.3 Å². The molecule has 0 atom stereocenters. The number of para-hydroxylation sites is 1. The van der Waals surface area contributed by atoms with E-state index in [0.717, 1.165) is 16.9 Å². The van der Waals surface area contributed by atoms with E-state index >= 15 is 0 Å². The van der Waals surface area contributed by atoms with Crippen molar-refractivity contribution in [1.82, 2.24) is 23.9 Å². The van der Waals surface area contributed by atoms with E-state index < -0.39 is 10.0 Å². The third-order valence-electron chi connectivity index (χ3n) is 6.09. The number of benzene rings is 1. The van der Waals surface area contributed by atoms with Gasteiger partial charge in [-0.3, -0.25) is 14.2 Å². The molecule has 0 spiro atoms. The second kappa shape index (κ2) is 8.18. The first-order valence-electron chi connectivity index (χ1n) is 10.5. The molecule has 0 N–H and O–H groups in total. The Morgan fingerprint density at radius 1 is 1.09 bits per heavy atom. The van der Waals surface area contributed by atoms with Crippen LogP contribution in [0.15, 0.2) is 35.2 Å². The highest BCUT2D eigenvalue weighted by Gasteiger charge is 2.35. The summed E-state index contributed by atoms with van der Waals surface area (Å²) in [6.07, 6.45) is 0.557. The van der Waals surface area contributed by atoms with Crippen molar-refractivity contribution in [2.75, 3.05) is 11.4 Å². The highest BCUT2D eigenvalue weighted by molar-refractivity contribution is 7.89. The lowest BCUT2D eigenvalue weighted by Crippen LogP contribution is -2.37. The van der Waals surface area contributed by atoms with Crippen LogP contribution in [0.5, 0.6) is 0 Å². The molecule has 0 saturated heterocycles. The molecule has 0 fully saturated rings. The number of anilines is 1. The molecule has 2 aromatic heterocycles. The van der Waals surface area contributed by atoms with Crippen LogP contribution in [-0.2, 0) is 48.4 Å². The molecular formula is C22H28N6O3S. The number of sulfonamides is 1. The first-order chi connectivity index (χ1) is 15.1. The van der Waals surface area contributed by atoms with Crippen molar-refractivity contribution in [3.63, 3.8) is 0 Å². The molecule has 3 heterocycles. The zero-order valence-corrected chi connectivity index (χ0v) is 19.8. The van der Waals surface area contributed by atoms with E-state index in [4.69, 9.17) is 0 Å². The summed E-state index contributed by atoms with van der Waals surface area (Å²) >= 11 is 0. The largest absolute Gasteiger partial charge is 0.307 e. The van der Waals surface area contributed by atoms with E-state index in [2.05, 4.69) is 10.2 Å². The molecule has 9 nitrogen and oxygen atoms in total. The number of fused-ring (bicyclic) bond motifs is 1. The van der Waals surface area contributed by atoms with Crippen molar-refractivity contribution in [2.45, 2.75) is 45.2 Å². The standard InChI is InChI=1S/C22H28N6O3S/c1-15-22(16(2)25(4)23-15)32(30,31)27-12-11-21-19(13-27)20(24-26(21)5)14-28(17(3)29)18-9-7-6-8-10-18/h6-10H,11-14H2,1-5H3. The maximum absolute atomic E-state index is 13.5. The van der Waals surface area contributed by atoms with Crippen LogP contribution in [0.1, 0.15) is 35.3 Å². The van der Waals surface area contributed by atoms with Gasteiger partial charge in [-0.05, 0) is 26.0 Å². The summed E-state index contributed by atoms with van der Waals surface area (Å²) in [5, 5.41) is 8.93. The van der Waals surface area contributed by atoms with E-state index in [1.165, 1.54) is 11.2 Å². The first kappa shape index (κ1) is 22.2. The lowest BCUT2D eigenvalue weighted by molar-refractivity contribution is -0.116. The summed E-state index contributed by atoms with van der Waals surface area (Å²) in [4.78, 5) is 14.3. The highest BCUT2D eigenvalue weighted by Crippen LogP contribution is 2.30. The number of rotatable bonds is 5. The lowest BCUT2D eigenvalue weighted by atomic mass is 10.1. The number of amides is 1. The molecule has 10 heteroatoms. The van der Waals surface area contributed by atoms with Gasteiger partial charge in [0, 0.05) is 57.5 Å². The molecule has 0 radical (unpaired) electrons. The smallest absolute Gasteiger partial charge is 0.247 e. The van der Waals surface area contributed by atoms with E-state index in [-0.39, 0.29) is 23.9 Å². The van der Waals surface area contributed by atoms with Crippen LogP contribution in [0.4, 0.5) is 5.69 Å². The number of nitrogens with zero attached hydrogens (tertiary/aromatic N) is 6. The first-order valence-corrected chi connectivity index (χ1v) is 11.9. The Kier molecular flexibility index (Phi) is 5.68. The molecule has 1 aliphatic rings. The highest BCUT2D eigenvalue weighted by atomic mass is 32.2. The molecule has 3 aromatic rings. The number of hydrogen-bond acceptors (Lipinski definition) is 5. The molecule has 0 unspecified atom stereocenters. The SMILES string of the molecule is CC(=O)N(Cc1nn(C)c2c1CN(S(=O)(=O)c1c(C)nn(C)c1C)CC2)c1ccccc1. The van der Waals surface area contributed by atoms with E-state index in [0.29, 0.717) is 30.0 Å². The summed E-state index contributed by atoms with van der Waals surface area (Å²) in [5.74, 6) is -0.0995. The molecule has 32 heavy (non-hydrogen) atoms. The number of aromatic nitrogens is 4.